The van der Waals surface area contributed by atoms with Crippen LogP contribution in [0.5, 0.6) is 11.5 Å². The molecule has 128 valence electrons. The third-order valence-corrected chi connectivity index (χ3v) is 3.87. The molecule has 0 unspecified atom stereocenters. The molecule has 0 bridgehead atoms. The lowest BCUT2D eigenvalue weighted by Gasteiger charge is -2.36. The average Bonchev–Trinajstić information content (AvgIpc) is 2.58. The molecule has 0 N–H and O–H groups in total. The Morgan fingerprint density at radius 2 is 1.58 bits per heavy atom. The zero-order valence-corrected chi connectivity index (χ0v) is 15.0. The van der Waals surface area contributed by atoms with Gasteiger partial charge in [-0.3, -0.25) is 4.79 Å². The van der Waals surface area contributed by atoms with Crippen molar-refractivity contribution in [1.29, 1.82) is 0 Å². The minimum Gasteiger partial charge on any atom is -0.493 e. The maximum absolute atomic E-state index is 13.1. The van der Waals surface area contributed by atoms with Crippen LogP contribution in [0, 0.1) is 0 Å². The van der Waals surface area contributed by atoms with E-state index < -0.39 is 0 Å². The first-order valence-corrected chi connectivity index (χ1v) is 7.94. The Morgan fingerprint density at radius 1 is 0.958 bits per heavy atom. The zero-order valence-electron chi connectivity index (χ0n) is 15.0. The minimum atomic E-state index is -0.305. The van der Waals surface area contributed by atoms with Crippen molar-refractivity contribution < 1.29 is 14.3 Å². The van der Waals surface area contributed by atoms with Crippen molar-refractivity contribution in [1.82, 2.24) is 4.90 Å². The van der Waals surface area contributed by atoms with E-state index in [1.54, 1.807) is 32.4 Å². The highest BCUT2D eigenvalue weighted by Crippen LogP contribution is 2.29. The molecular weight excluding hydrogens is 302 g/mol. The van der Waals surface area contributed by atoms with Gasteiger partial charge in [0.25, 0.3) is 5.91 Å². The molecule has 0 aliphatic carbocycles. The summed E-state index contributed by atoms with van der Waals surface area (Å²) < 4.78 is 10.6. The highest BCUT2D eigenvalue weighted by atomic mass is 16.5. The number of rotatable bonds is 5. The molecule has 24 heavy (non-hydrogen) atoms. The van der Waals surface area contributed by atoms with E-state index in [0.29, 0.717) is 23.6 Å². The van der Waals surface area contributed by atoms with Crippen molar-refractivity contribution in [2.24, 2.45) is 0 Å². The maximum Gasteiger partial charge on any atom is 0.254 e. The zero-order chi connectivity index (χ0) is 17.7. The molecule has 0 saturated heterocycles. The van der Waals surface area contributed by atoms with E-state index in [9.17, 15) is 4.79 Å². The number of carbonyl (C=O) groups is 1. The molecule has 0 saturated carbocycles. The summed E-state index contributed by atoms with van der Waals surface area (Å²) in [5, 5.41) is 0. The van der Waals surface area contributed by atoms with Crippen molar-refractivity contribution in [2.75, 3.05) is 14.2 Å². The monoisotopic (exact) mass is 327 g/mol. The number of carbonyl (C=O) groups excluding carboxylic acids is 1. The lowest BCUT2D eigenvalue weighted by Crippen LogP contribution is -2.45. The SMILES string of the molecule is COc1ccc(C(=O)N(Cc2ccccc2)C(C)(C)C)cc1OC. The minimum absolute atomic E-state index is 0.0349. The van der Waals surface area contributed by atoms with Crippen LogP contribution in [0.2, 0.25) is 0 Å². The van der Waals surface area contributed by atoms with E-state index in [4.69, 9.17) is 9.47 Å². The Labute approximate surface area is 144 Å². The quantitative estimate of drug-likeness (QED) is 0.828. The molecule has 0 fully saturated rings. The van der Waals surface area contributed by atoms with Crippen molar-refractivity contribution >= 4 is 5.91 Å². The summed E-state index contributed by atoms with van der Waals surface area (Å²) in [6.45, 7) is 6.66. The molecule has 4 heteroatoms. The topological polar surface area (TPSA) is 38.8 Å². The number of methoxy groups -OCH3 is 2. The van der Waals surface area contributed by atoms with E-state index in [0.717, 1.165) is 5.56 Å². The van der Waals surface area contributed by atoms with Crippen molar-refractivity contribution in [3.8, 4) is 11.5 Å². The first-order chi connectivity index (χ1) is 11.4. The second-order valence-corrected chi connectivity index (χ2v) is 6.62. The summed E-state index contributed by atoms with van der Waals surface area (Å²) in [7, 11) is 3.15. The number of benzene rings is 2. The first-order valence-electron chi connectivity index (χ1n) is 7.94. The van der Waals surface area contributed by atoms with Crippen LogP contribution >= 0.6 is 0 Å². The number of hydrogen-bond acceptors (Lipinski definition) is 3. The summed E-state index contributed by atoms with van der Waals surface area (Å²) in [6, 6.07) is 15.3. The van der Waals surface area contributed by atoms with E-state index in [-0.39, 0.29) is 11.4 Å². The second kappa shape index (κ2) is 7.39. The maximum atomic E-state index is 13.1. The van der Waals surface area contributed by atoms with Crippen LogP contribution < -0.4 is 9.47 Å². The van der Waals surface area contributed by atoms with Gasteiger partial charge >= 0.3 is 0 Å². The highest BCUT2D eigenvalue weighted by Gasteiger charge is 2.28. The van der Waals surface area contributed by atoms with E-state index >= 15 is 0 Å². The predicted molar refractivity (Wildman–Crippen MR) is 95.6 cm³/mol. The molecule has 4 nitrogen and oxygen atoms in total. The number of hydrogen-bond donors (Lipinski definition) is 0. The Bertz CT molecular complexity index is 690. The van der Waals surface area contributed by atoms with Gasteiger partial charge in [-0.1, -0.05) is 30.3 Å². The fourth-order valence-corrected chi connectivity index (χ4v) is 2.50. The predicted octanol–water partition coefficient (Wildman–Crippen LogP) is 4.14. The molecule has 0 aliphatic heterocycles. The summed E-state index contributed by atoms with van der Waals surface area (Å²) in [5.74, 6) is 1.13. The molecule has 2 rings (SSSR count). The largest absolute Gasteiger partial charge is 0.493 e. The molecule has 1 amide bonds. The van der Waals surface area contributed by atoms with Crippen LogP contribution in [-0.4, -0.2) is 30.6 Å². The molecule has 0 aliphatic rings. The summed E-state index contributed by atoms with van der Waals surface area (Å²) in [4.78, 5) is 15.0. The van der Waals surface area contributed by atoms with E-state index in [2.05, 4.69) is 0 Å². The summed E-state index contributed by atoms with van der Waals surface area (Å²) in [5.41, 5.74) is 1.37. The van der Waals surface area contributed by atoms with Gasteiger partial charge in [-0.05, 0) is 44.5 Å². The normalized spacial score (nSPS) is 11.0. The third-order valence-electron chi connectivity index (χ3n) is 3.87. The Kier molecular flexibility index (Phi) is 5.50. The van der Waals surface area contributed by atoms with Crippen LogP contribution in [0.25, 0.3) is 0 Å². The lowest BCUT2D eigenvalue weighted by atomic mass is 10.0. The van der Waals surface area contributed by atoms with Gasteiger partial charge in [-0.2, -0.15) is 0 Å². The molecule has 2 aromatic rings. The van der Waals surface area contributed by atoms with Crippen LogP contribution in [0.3, 0.4) is 0 Å². The Hall–Kier alpha value is -2.49. The fraction of sp³-hybridized carbons (Fsp3) is 0.350. The van der Waals surface area contributed by atoms with Crippen LogP contribution in [0.1, 0.15) is 36.7 Å². The van der Waals surface area contributed by atoms with Crippen molar-refractivity contribution in [2.45, 2.75) is 32.9 Å². The van der Waals surface area contributed by atoms with Gasteiger partial charge in [-0.15, -0.1) is 0 Å². The standard InChI is InChI=1S/C20H25NO3/c1-20(2,3)21(14-15-9-7-6-8-10-15)19(22)16-11-12-17(23-4)18(13-16)24-5/h6-13H,14H2,1-5H3. The van der Waals surface area contributed by atoms with Gasteiger partial charge in [0.15, 0.2) is 11.5 Å². The second-order valence-electron chi connectivity index (χ2n) is 6.62. The summed E-state index contributed by atoms with van der Waals surface area (Å²) >= 11 is 0. The van der Waals surface area contributed by atoms with Crippen molar-refractivity contribution in [3.05, 3.63) is 59.7 Å². The number of ether oxygens (including phenoxy) is 2. The number of amides is 1. The van der Waals surface area contributed by atoms with Gasteiger partial charge in [0, 0.05) is 17.6 Å². The van der Waals surface area contributed by atoms with Crippen LogP contribution in [-0.2, 0) is 6.54 Å². The smallest absolute Gasteiger partial charge is 0.254 e. The molecular formula is C20H25NO3. The van der Waals surface area contributed by atoms with Crippen LogP contribution in [0.15, 0.2) is 48.5 Å². The molecule has 2 aromatic carbocycles. The van der Waals surface area contributed by atoms with E-state index in [1.807, 2.05) is 56.0 Å². The molecule has 0 radical (unpaired) electrons. The van der Waals surface area contributed by atoms with E-state index in [1.165, 1.54) is 0 Å². The highest BCUT2D eigenvalue weighted by molar-refractivity contribution is 5.95. The number of nitrogens with zero attached hydrogens (tertiary/aromatic N) is 1. The molecule has 0 heterocycles. The summed E-state index contributed by atoms with van der Waals surface area (Å²) in [6.07, 6.45) is 0. The lowest BCUT2D eigenvalue weighted by molar-refractivity contribution is 0.0558. The van der Waals surface area contributed by atoms with Gasteiger partial charge in [0.05, 0.1) is 14.2 Å². The Morgan fingerprint density at radius 3 is 2.12 bits per heavy atom. The van der Waals surface area contributed by atoms with Gasteiger partial charge in [-0.25, -0.2) is 0 Å². The van der Waals surface area contributed by atoms with Gasteiger partial charge < -0.3 is 14.4 Å². The van der Waals surface area contributed by atoms with Crippen LogP contribution in [0.4, 0.5) is 0 Å². The third kappa shape index (κ3) is 4.07. The van der Waals surface area contributed by atoms with Gasteiger partial charge in [0.2, 0.25) is 0 Å². The average molecular weight is 327 g/mol. The molecule has 0 aromatic heterocycles. The van der Waals surface area contributed by atoms with Gasteiger partial charge in [0.1, 0.15) is 0 Å². The molecule has 0 atom stereocenters. The first kappa shape index (κ1) is 17.9. The fourth-order valence-electron chi connectivity index (χ4n) is 2.50. The molecule has 0 spiro atoms. The van der Waals surface area contributed by atoms with Crippen molar-refractivity contribution in [3.63, 3.8) is 0 Å². The Balaban J connectivity index is 2.34.